The molecule has 2 N–H and O–H groups in total. The smallest absolute Gasteiger partial charge is 0.324 e. The number of likely N-dealkylation sites (N-methyl/N-ethyl adjacent to an activating group) is 1. The van der Waals surface area contributed by atoms with Crippen molar-refractivity contribution in [3.05, 3.63) is 71.1 Å². The molecular weight excluding hydrogens is 451 g/mol. The van der Waals surface area contributed by atoms with E-state index in [9.17, 15) is 31.2 Å². The number of hydroxylamine groups is 1. The predicted molar refractivity (Wildman–Crippen MR) is 108 cm³/mol. The van der Waals surface area contributed by atoms with Crippen LogP contribution in [0.15, 0.2) is 64.8 Å². The number of anilines is 1. The van der Waals surface area contributed by atoms with E-state index in [1.54, 1.807) is 6.07 Å². The number of benzene rings is 2. The van der Waals surface area contributed by atoms with Gasteiger partial charge in [-0.3, -0.25) is 24.2 Å². The van der Waals surface area contributed by atoms with Gasteiger partial charge in [-0.25, -0.2) is 8.42 Å². The summed E-state index contributed by atoms with van der Waals surface area (Å²) in [6, 6.07) is 9.63. The molecule has 0 radical (unpaired) electrons. The van der Waals surface area contributed by atoms with Crippen LogP contribution in [0.3, 0.4) is 0 Å². The number of Topliss-reactive ketones (excluding diaryl/α,β-unsaturated/α-hetero) is 1. The van der Waals surface area contributed by atoms with Gasteiger partial charge in [0, 0.05) is 18.3 Å². The molecule has 0 fully saturated rings. The summed E-state index contributed by atoms with van der Waals surface area (Å²) >= 11 is 0. The number of rotatable bonds is 5. The Labute approximate surface area is 181 Å². The van der Waals surface area contributed by atoms with Gasteiger partial charge >= 0.3 is 6.18 Å². The molecule has 12 heteroatoms. The molecule has 2 aromatic rings. The van der Waals surface area contributed by atoms with Gasteiger partial charge in [-0.1, -0.05) is 12.1 Å². The van der Waals surface area contributed by atoms with Crippen LogP contribution in [0.4, 0.5) is 18.9 Å². The maximum Gasteiger partial charge on any atom is 0.416 e. The number of carbonyl (C=O) groups is 2. The van der Waals surface area contributed by atoms with E-state index in [0.717, 1.165) is 28.6 Å². The molecule has 1 aliphatic rings. The zero-order valence-corrected chi connectivity index (χ0v) is 17.7. The number of nitrogens with zero attached hydrogens (tertiary/aromatic N) is 1. The van der Waals surface area contributed by atoms with E-state index in [-0.39, 0.29) is 27.5 Å². The van der Waals surface area contributed by atoms with Crippen molar-refractivity contribution >= 4 is 27.4 Å². The van der Waals surface area contributed by atoms with Crippen molar-refractivity contribution in [3.63, 3.8) is 0 Å². The summed E-state index contributed by atoms with van der Waals surface area (Å²) < 4.78 is 63.9. The summed E-state index contributed by atoms with van der Waals surface area (Å²) in [7, 11) is -2.72. The molecule has 0 bridgehead atoms. The third kappa shape index (κ3) is 4.60. The van der Waals surface area contributed by atoms with E-state index < -0.39 is 40.1 Å². The van der Waals surface area contributed by atoms with Crippen molar-refractivity contribution in [3.8, 4) is 0 Å². The summed E-state index contributed by atoms with van der Waals surface area (Å²) in [4.78, 5) is 29.7. The highest BCUT2D eigenvalue weighted by atomic mass is 32.2. The lowest BCUT2D eigenvalue weighted by Gasteiger charge is -2.29. The number of ketones is 1. The lowest BCUT2D eigenvalue weighted by molar-refractivity contribution is -0.137. The minimum atomic E-state index is -4.49. The summed E-state index contributed by atoms with van der Waals surface area (Å²) in [5.41, 5.74) is 1.54. The Hall–Kier alpha value is -3.38. The van der Waals surface area contributed by atoms with Crippen molar-refractivity contribution in [2.24, 2.45) is 0 Å². The molecule has 170 valence electrons. The summed E-state index contributed by atoms with van der Waals surface area (Å²) in [6.45, 7) is 0.841. The molecule has 8 nitrogen and oxygen atoms in total. The number of hydrogen-bond donors (Lipinski definition) is 2. The van der Waals surface area contributed by atoms with E-state index in [1.807, 2.05) is 0 Å². The van der Waals surface area contributed by atoms with E-state index >= 15 is 0 Å². The lowest BCUT2D eigenvalue weighted by Crippen LogP contribution is -2.38. The van der Waals surface area contributed by atoms with Crippen LogP contribution < -0.4 is 10.8 Å². The van der Waals surface area contributed by atoms with Crippen LogP contribution in [0.5, 0.6) is 0 Å². The molecule has 0 unspecified atom stereocenters. The fourth-order valence-corrected chi connectivity index (χ4v) is 4.47. The van der Waals surface area contributed by atoms with Gasteiger partial charge in [0.1, 0.15) is 5.70 Å². The number of carbonyl (C=O) groups excluding carboxylic acids is 2. The third-order valence-corrected chi connectivity index (χ3v) is 6.40. The minimum absolute atomic E-state index is 0.0156. The van der Waals surface area contributed by atoms with Gasteiger partial charge in [-0.2, -0.15) is 13.2 Å². The highest BCUT2D eigenvalue weighted by molar-refractivity contribution is 7.89. The number of nitrogens with one attached hydrogen (secondary N) is 2. The molecule has 0 atom stereocenters. The second kappa shape index (κ2) is 8.63. The number of allylic oxidation sites excluding steroid dienone is 2. The Kier molecular flexibility index (Phi) is 6.28. The number of amides is 1. The van der Waals surface area contributed by atoms with Crippen molar-refractivity contribution in [2.45, 2.75) is 18.0 Å². The molecule has 2 aromatic carbocycles. The standard InChI is InChI=1S/C20H18F3N3O5S/c1-12(18-19(28)15-5-3-4-6-16(15)32(29,30)26(18)2)25-31-11-17(27)24-14-9-7-13(8-10-14)20(21,22)23/h3-10,25H,11H2,1-2H3,(H,24,27)/b18-12+. The largest absolute Gasteiger partial charge is 0.416 e. The first kappa shape index (κ1) is 23.3. The highest BCUT2D eigenvalue weighted by Gasteiger charge is 2.38. The molecule has 32 heavy (non-hydrogen) atoms. The Morgan fingerprint density at radius 2 is 1.72 bits per heavy atom. The molecule has 0 saturated heterocycles. The summed E-state index contributed by atoms with van der Waals surface area (Å²) in [5, 5.41) is 2.36. The van der Waals surface area contributed by atoms with Crippen molar-refractivity contribution in [2.75, 3.05) is 19.0 Å². The minimum Gasteiger partial charge on any atom is -0.324 e. The Bertz CT molecular complexity index is 1190. The van der Waals surface area contributed by atoms with Gasteiger partial charge in [-0.15, -0.1) is 0 Å². The average Bonchev–Trinajstić information content (AvgIpc) is 2.72. The molecule has 1 amide bonds. The first-order valence-corrected chi connectivity index (χ1v) is 10.6. The Balaban J connectivity index is 1.66. The van der Waals surface area contributed by atoms with E-state index in [2.05, 4.69) is 10.8 Å². The maximum atomic E-state index is 12.8. The topological polar surface area (TPSA) is 105 Å². The van der Waals surface area contributed by atoms with Gasteiger partial charge < -0.3 is 5.32 Å². The fourth-order valence-electron chi connectivity index (χ4n) is 3.02. The van der Waals surface area contributed by atoms with Crippen molar-refractivity contribution in [1.82, 2.24) is 9.79 Å². The van der Waals surface area contributed by atoms with Crippen LogP contribution >= 0.6 is 0 Å². The number of sulfonamides is 1. The average molecular weight is 469 g/mol. The summed E-state index contributed by atoms with van der Waals surface area (Å²) in [5.74, 6) is -1.22. The molecule has 0 aromatic heterocycles. The van der Waals surface area contributed by atoms with Crippen molar-refractivity contribution < 1.29 is 36.0 Å². The first-order valence-electron chi connectivity index (χ1n) is 9.11. The maximum absolute atomic E-state index is 12.8. The van der Waals surface area contributed by atoms with E-state index in [0.29, 0.717) is 0 Å². The molecule has 1 aliphatic heterocycles. The van der Waals surface area contributed by atoms with Gasteiger partial charge in [0.2, 0.25) is 5.78 Å². The number of fused-ring (bicyclic) bond motifs is 1. The number of alkyl halides is 3. The zero-order chi connectivity index (χ0) is 23.7. The van der Waals surface area contributed by atoms with Crippen molar-refractivity contribution in [1.29, 1.82) is 0 Å². The zero-order valence-electron chi connectivity index (χ0n) is 16.9. The second-order valence-electron chi connectivity index (χ2n) is 6.79. The van der Waals surface area contributed by atoms with Gasteiger partial charge in [-0.05, 0) is 43.3 Å². The van der Waals surface area contributed by atoms with Gasteiger partial charge in [0.25, 0.3) is 15.9 Å². The molecule has 1 heterocycles. The molecule has 0 spiro atoms. The molecule has 0 saturated carbocycles. The predicted octanol–water partition coefficient (Wildman–Crippen LogP) is 2.91. The molecule has 0 aliphatic carbocycles. The van der Waals surface area contributed by atoms with Crippen LogP contribution in [0.2, 0.25) is 0 Å². The molecule has 3 rings (SSSR count). The number of hydrogen-bond acceptors (Lipinski definition) is 6. The van der Waals surface area contributed by atoms with Crippen LogP contribution in [0.25, 0.3) is 0 Å². The monoisotopic (exact) mass is 469 g/mol. The lowest BCUT2D eigenvalue weighted by atomic mass is 10.1. The van der Waals surface area contributed by atoms with Gasteiger partial charge in [0.05, 0.1) is 16.2 Å². The summed E-state index contributed by atoms with van der Waals surface area (Å²) in [6.07, 6.45) is -4.49. The second-order valence-corrected chi connectivity index (χ2v) is 8.72. The first-order chi connectivity index (χ1) is 14.9. The Morgan fingerprint density at radius 3 is 2.34 bits per heavy atom. The molecular formula is C20H18F3N3O5S. The van der Waals surface area contributed by atoms with Gasteiger partial charge in [0.15, 0.2) is 6.61 Å². The van der Waals surface area contributed by atoms with E-state index in [4.69, 9.17) is 4.84 Å². The highest BCUT2D eigenvalue weighted by Crippen LogP contribution is 2.32. The quantitative estimate of drug-likeness (QED) is 0.516. The third-order valence-electron chi connectivity index (χ3n) is 4.58. The van der Waals surface area contributed by atoms with Crippen LogP contribution in [-0.4, -0.2) is 38.1 Å². The van der Waals surface area contributed by atoms with E-state index in [1.165, 1.54) is 32.2 Å². The Morgan fingerprint density at radius 1 is 1.09 bits per heavy atom. The van der Waals surface area contributed by atoms with Crippen LogP contribution in [-0.2, 0) is 25.8 Å². The van der Waals surface area contributed by atoms with Crippen LogP contribution in [0, 0.1) is 0 Å². The SMILES string of the molecule is C/C(NOCC(=O)Nc1ccc(C(F)(F)F)cc1)=C1/C(=O)c2ccccc2S(=O)(=O)N1C. The number of halogens is 3. The fraction of sp³-hybridized carbons (Fsp3) is 0.200. The van der Waals surface area contributed by atoms with Crippen LogP contribution in [0.1, 0.15) is 22.8 Å². The normalized spacial score (nSPS) is 16.9.